The van der Waals surface area contributed by atoms with Crippen LogP contribution in [0.3, 0.4) is 0 Å². The lowest BCUT2D eigenvalue weighted by Gasteiger charge is -2.30. The molecular weight excluding hydrogens is 366 g/mol. The molecule has 3 rings (SSSR count). The molecule has 1 saturated heterocycles. The number of hydrogen-bond donors (Lipinski definition) is 4. The third kappa shape index (κ3) is 5.06. The van der Waals surface area contributed by atoms with E-state index in [2.05, 4.69) is 10.6 Å². The normalized spacial score (nSPS) is 24.9. The highest BCUT2D eigenvalue weighted by atomic mass is 32.1. The summed E-state index contributed by atoms with van der Waals surface area (Å²) in [6, 6.07) is 11.1. The Labute approximate surface area is 162 Å². The molecule has 1 aromatic heterocycles. The van der Waals surface area contributed by atoms with Crippen LogP contribution < -0.4 is 10.6 Å². The van der Waals surface area contributed by atoms with Crippen LogP contribution in [0.25, 0.3) is 0 Å². The number of amides is 2. The Kier molecular flexibility index (Phi) is 6.81. The summed E-state index contributed by atoms with van der Waals surface area (Å²) in [5, 5.41) is 29.3. The summed E-state index contributed by atoms with van der Waals surface area (Å²) >= 11 is 1.50. The van der Waals surface area contributed by atoms with Crippen LogP contribution in [-0.2, 0) is 11.3 Å². The first-order chi connectivity index (χ1) is 13.1. The van der Waals surface area contributed by atoms with Crippen molar-refractivity contribution in [3.63, 3.8) is 0 Å². The van der Waals surface area contributed by atoms with E-state index in [1.54, 1.807) is 0 Å². The monoisotopic (exact) mass is 391 g/mol. The maximum atomic E-state index is 12.1. The van der Waals surface area contributed by atoms with E-state index in [0.29, 0.717) is 6.54 Å². The zero-order valence-electron chi connectivity index (χ0n) is 15.1. The molecule has 1 aliphatic heterocycles. The van der Waals surface area contributed by atoms with Crippen molar-refractivity contribution in [2.75, 3.05) is 25.5 Å². The molecule has 0 saturated carbocycles. The number of nitrogens with zero attached hydrogens (tertiary/aromatic N) is 1. The van der Waals surface area contributed by atoms with Gasteiger partial charge in [0.2, 0.25) is 0 Å². The van der Waals surface area contributed by atoms with Gasteiger partial charge < -0.3 is 25.6 Å². The van der Waals surface area contributed by atoms with E-state index in [9.17, 15) is 15.0 Å². The van der Waals surface area contributed by atoms with Crippen LogP contribution in [0.1, 0.15) is 5.56 Å². The molecule has 146 valence electrons. The minimum atomic E-state index is -0.838. The average molecular weight is 391 g/mol. The number of thiophene rings is 1. The van der Waals surface area contributed by atoms with E-state index in [4.69, 9.17) is 4.74 Å². The fraction of sp³-hybridized carbons (Fsp3) is 0.421. The molecule has 1 aromatic carbocycles. The van der Waals surface area contributed by atoms with Crippen molar-refractivity contribution in [1.29, 1.82) is 0 Å². The highest BCUT2D eigenvalue weighted by molar-refractivity contribution is 7.08. The molecule has 2 heterocycles. The van der Waals surface area contributed by atoms with Crippen molar-refractivity contribution in [3.8, 4) is 0 Å². The van der Waals surface area contributed by atoms with E-state index in [1.165, 1.54) is 11.3 Å². The molecule has 7 nitrogen and oxygen atoms in total. The van der Waals surface area contributed by atoms with Crippen LogP contribution >= 0.6 is 11.3 Å². The number of aliphatic hydroxyl groups excluding tert-OH is 2. The van der Waals surface area contributed by atoms with E-state index >= 15 is 0 Å². The van der Waals surface area contributed by atoms with Crippen molar-refractivity contribution in [2.24, 2.45) is 0 Å². The fourth-order valence-corrected chi connectivity index (χ4v) is 3.96. The molecular formula is C19H25N3O4S. The summed E-state index contributed by atoms with van der Waals surface area (Å²) in [5.74, 6) is 0. The number of hydrogen-bond acceptors (Lipinski definition) is 6. The molecule has 2 aromatic rings. The summed E-state index contributed by atoms with van der Waals surface area (Å²) in [5.41, 5.74) is 1.84. The van der Waals surface area contributed by atoms with Gasteiger partial charge in [-0.15, -0.1) is 0 Å². The molecule has 0 bridgehead atoms. The van der Waals surface area contributed by atoms with Gasteiger partial charge in [-0.2, -0.15) is 11.3 Å². The van der Waals surface area contributed by atoms with Crippen molar-refractivity contribution in [3.05, 3.63) is 52.7 Å². The van der Waals surface area contributed by atoms with Crippen LogP contribution in [0.5, 0.6) is 0 Å². The van der Waals surface area contributed by atoms with Crippen LogP contribution in [0.15, 0.2) is 47.2 Å². The number of likely N-dealkylation sites (N-methyl/N-ethyl adjacent to an activating group) is 1. The summed E-state index contributed by atoms with van der Waals surface area (Å²) < 4.78 is 5.80. The number of benzene rings is 1. The molecule has 4 atom stereocenters. The average Bonchev–Trinajstić information content (AvgIpc) is 3.28. The Morgan fingerprint density at radius 1 is 1.26 bits per heavy atom. The minimum Gasteiger partial charge on any atom is -0.394 e. The van der Waals surface area contributed by atoms with E-state index < -0.39 is 18.3 Å². The lowest BCUT2D eigenvalue weighted by molar-refractivity contribution is -0.0205. The third-order valence-electron chi connectivity index (χ3n) is 4.67. The predicted octanol–water partition coefficient (Wildman–Crippen LogP) is 1.49. The van der Waals surface area contributed by atoms with Crippen molar-refractivity contribution in [2.45, 2.75) is 30.9 Å². The van der Waals surface area contributed by atoms with Gasteiger partial charge in [0.25, 0.3) is 0 Å². The van der Waals surface area contributed by atoms with Gasteiger partial charge in [0.1, 0.15) is 12.2 Å². The Bertz CT molecular complexity index is 713. The van der Waals surface area contributed by atoms with Gasteiger partial charge in [-0.25, -0.2) is 4.79 Å². The first-order valence-electron chi connectivity index (χ1n) is 8.84. The maximum Gasteiger partial charge on any atom is 0.319 e. The number of aliphatic hydroxyl groups is 2. The summed E-state index contributed by atoms with van der Waals surface area (Å²) in [7, 11) is 1.91. The molecule has 1 aliphatic rings. The molecule has 0 unspecified atom stereocenters. The predicted molar refractivity (Wildman–Crippen MR) is 105 cm³/mol. The molecule has 4 N–H and O–H groups in total. The first kappa shape index (κ1) is 19.8. The second-order valence-corrected chi connectivity index (χ2v) is 7.40. The van der Waals surface area contributed by atoms with Gasteiger partial charge in [0.05, 0.1) is 24.4 Å². The van der Waals surface area contributed by atoms with Gasteiger partial charge in [-0.1, -0.05) is 30.3 Å². The van der Waals surface area contributed by atoms with Crippen molar-refractivity contribution < 1.29 is 19.7 Å². The van der Waals surface area contributed by atoms with Crippen LogP contribution in [0.2, 0.25) is 0 Å². The number of nitrogens with one attached hydrogen (secondary N) is 2. The van der Waals surface area contributed by atoms with Gasteiger partial charge >= 0.3 is 6.03 Å². The minimum absolute atomic E-state index is 0.229. The fourth-order valence-electron chi connectivity index (χ4n) is 3.37. The first-order valence-corrected chi connectivity index (χ1v) is 9.78. The molecule has 27 heavy (non-hydrogen) atoms. The smallest absolute Gasteiger partial charge is 0.319 e. The van der Waals surface area contributed by atoms with Crippen LogP contribution in [-0.4, -0.2) is 65.7 Å². The number of urea groups is 1. The second-order valence-electron chi connectivity index (χ2n) is 6.62. The van der Waals surface area contributed by atoms with Crippen molar-refractivity contribution >= 4 is 23.1 Å². The number of ether oxygens (including phenoxy) is 1. The molecule has 2 amide bonds. The van der Waals surface area contributed by atoms with Crippen molar-refractivity contribution in [1.82, 2.24) is 10.2 Å². The Morgan fingerprint density at radius 3 is 2.70 bits per heavy atom. The Hall–Kier alpha value is -1.97. The lowest BCUT2D eigenvalue weighted by Crippen LogP contribution is -2.49. The topological polar surface area (TPSA) is 94.1 Å². The number of carbonyl (C=O) groups excluding carboxylic acids is 1. The van der Waals surface area contributed by atoms with E-state index in [0.717, 1.165) is 11.3 Å². The summed E-state index contributed by atoms with van der Waals surface area (Å²) in [6.07, 6.45) is -1.94. The van der Waals surface area contributed by atoms with Gasteiger partial charge in [-0.05, 0) is 24.1 Å². The van der Waals surface area contributed by atoms with Gasteiger partial charge in [0, 0.05) is 18.5 Å². The van der Waals surface area contributed by atoms with Gasteiger partial charge in [-0.3, -0.25) is 4.90 Å². The largest absolute Gasteiger partial charge is 0.394 e. The van der Waals surface area contributed by atoms with E-state index in [1.807, 2.05) is 59.1 Å². The molecule has 8 heteroatoms. The highest BCUT2D eigenvalue weighted by Gasteiger charge is 2.45. The highest BCUT2D eigenvalue weighted by Crippen LogP contribution is 2.26. The Morgan fingerprint density at radius 2 is 2.04 bits per heavy atom. The van der Waals surface area contributed by atoms with E-state index in [-0.39, 0.29) is 25.2 Å². The third-order valence-corrected chi connectivity index (χ3v) is 5.35. The molecule has 0 radical (unpaired) electrons. The summed E-state index contributed by atoms with van der Waals surface area (Å²) in [6.45, 7) is 0.587. The number of rotatable bonds is 7. The summed E-state index contributed by atoms with van der Waals surface area (Å²) in [4.78, 5) is 14.1. The maximum absolute atomic E-state index is 12.1. The SMILES string of the molecule is CN(Cc1ccccc1)[C@H]1[C@H](O)[C@H](CO)O[C@@H]1CNC(=O)Nc1ccsc1. The molecule has 1 fully saturated rings. The van der Waals surface area contributed by atoms with Crippen LogP contribution in [0.4, 0.5) is 10.5 Å². The zero-order chi connectivity index (χ0) is 19.2. The quantitative estimate of drug-likeness (QED) is 0.574. The van der Waals surface area contributed by atoms with Crippen LogP contribution in [0, 0.1) is 0 Å². The molecule has 0 aliphatic carbocycles. The van der Waals surface area contributed by atoms with Gasteiger partial charge in [0.15, 0.2) is 0 Å². The Balaban J connectivity index is 1.61. The zero-order valence-corrected chi connectivity index (χ0v) is 15.9. The second kappa shape index (κ2) is 9.29. The number of anilines is 1. The standard InChI is InChI=1S/C19H25N3O4S/c1-22(10-13-5-3-2-4-6-13)17-15(26-16(11-23)18(17)24)9-20-19(25)21-14-7-8-27-12-14/h2-8,12,15-18,23-24H,9-11H2,1H3,(H2,20,21,25)/t15-,16+,17-,18-/m1/s1. The molecule has 0 spiro atoms. The number of carbonyl (C=O) groups is 1. The lowest BCUT2D eigenvalue weighted by atomic mass is 10.0.